The normalized spacial score (nSPS) is 26.9. The van der Waals surface area contributed by atoms with E-state index in [4.69, 9.17) is 9.57 Å². The van der Waals surface area contributed by atoms with Gasteiger partial charge in [0.1, 0.15) is 6.10 Å². The van der Waals surface area contributed by atoms with Crippen molar-refractivity contribution in [1.29, 1.82) is 0 Å². The molecule has 0 spiro atoms. The summed E-state index contributed by atoms with van der Waals surface area (Å²) in [7, 11) is 0. The van der Waals surface area contributed by atoms with E-state index in [1.807, 2.05) is 12.1 Å². The number of nitrogens with zero attached hydrogens (tertiary/aromatic N) is 1. The molecule has 3 heteroatoms. The summed E-state index contributed by atoms with van der Waals surface area (Å²) in [5.41, 5.74) is 2.64. The number of hydrogen-bond donors (Lipinski definition) is 0. The van der Waals surface area contributed by atoms with Crippen LogP contribution in [-0.2, 0) is 16.2 Å². The van der Waals surface area contributed by atoms with Gasteiger partial charge >= 0.3 is 0 Å². The molecule has 2 aromatic rings. The Bertz CT molecular complexity index is 763. The van der Waals surface area contributed by atoms with Crippen molar-refractivity contribution in [1.82, 2.24) is 5.06 Å². The van der Waals surface area contributed by atoms with Crippen molar-refractivity contribution in [2.45, 2.75) is 69.2 Å². The Kier molecular flexibility index (Phi) is 6.81. The molecule has 154 valence electrons. The van der Waals surface area contributed by atoms with E-state index in [2.05, 4.69) is 66.2 Å². The number of rotatable bonds is 9. The van der Waals surface area contributed by atoms with Gasteiger partial charge < -0.3 is 4.74 Å². The average Bonchev–Trinajstić information content (AvgIpc) is 3.16. The van der Waals surface area contributed by atoms with Crippen LogP contribution < -0.4 is 0 Å². The number of piperidine rings is 1. The predicted octanol–water partition coefficient (Wildman–Crippen LogP) is 6.23. The molecular weight excluding hydrogens is 358 g/mol. The van der Waals surface area contributed by atoms with Crippen molar-refractivity contribution < 1.29 is 9.57 Å². The van der Waals surface area contributed by atoms with E-state index in [1.54, 1.807) is 0 Å². The number of benzene rings is 2. The second kappa shape index (κ2) is 9.71. The van der Waals surface area contributed by atoms with E-state index in [1.165, 1.54) is 30.4 Å². The average molecular weight is 392 g/mol. The molecule has 0 aliphatic carbocycles. The maximum Gasteiger partial charge on any atom is 0.106 e. The van der Waals surface area contributed by atoms with Crippen LogP contribution in [0.2, 0.25) is 0 Å². The third-order valence-electron chi connectivity index (χ3n) is 6.43. The van der Waals surface area contributed by atoms with Crippen molar-refractivity contribution >= 4 is 0 Å². The minimum absolute atomic E-state index is 0.128. The van der Waals surface area contributed by atoms with Crippen molar-refractivity contribution in [3.05, 3.63) is 84.4 Å². The minimum Gasteiger partial charge on any atom is -0.375 e. The molecule has 29 heavy (non-hydrogen) atoms. The summed E-state index contributed by atoms with van der Waals surface area (Å²) in [5.74, 6) is 0. The third-order valence-corrected chi connectivity index (χ3v) is 6.43. The highest BCUT2D eigenvalue weighted by atomic mass is 16.7. The molecule has 0 unspecified atom stereocenters. The van der Waals surface area contributed by atoms with Gasteiger partial charge in [0.05, 0.1) is 19.3 Å². The van der Waals surface area contributed by atoms with Crippen LogP contribution in [0, 0.1) is 0 Å². The van der Waals surface area contributed by atoms with E-state index in [-0.39, 0.29) is 11.6 Å². The number of hydrogen-bond acceptors (Lipinski definition) is 3. The van der Waals surface area contributed by atoms with E-state index >= 15 is 0 Å². The highest BCUT2D eigenvalue weighted by Crippen LogP contribution is 2.50. The third kappa shape index (κ3) is 4.80. The molecule has 0 bridgehead atoms. The topological polar surface area (TPSA) is 21.7 Å². The molecule has 0 aromatic heterocycles. The van der Waals surface area contributed by atoms with Crippen LogP contribution in [0.25, 0.3) is 0 Å². The van der Waals surface area contributed by atoms with Crippen LogP contribution in [0.15, 0.2) is 73.3 Å². The first-order chi connectivity index (χ1) is 14.3. The zero-order valence-corrected chi connectivity index (χ0v) is 17.3. The molecule has 2 aromatic carbocycles. The Morgan fingerprint density at radius 1 is 1.10 bits per heavy atom. The smallest absolute Gasteiger partial charge is 0.106 e. The fourth-order valence-corrected chi connectivity index (χ4v) is 4.99. The molecule has 3 atom stereocenters. The van der Waals surface area contributed by atoms with Crippen molar-refractivity contribution in [3.63, 3.8) is 0 Å². The minimum atomic E-state index is 0.128. The van der Waals surface area contributed by atoms with Crippen molar-refractivity contribution in [2.75, 3.05) is 6.61 Å². The fraction of sp³-hybridized carbons (Fsp3) is 0.462. The van der Waals surface area contributed by atoms with Crippen molar-refractivity contribution in [2.24, 2.45) is 0 Å². The monoisotopic (exact) mass is 391 g/mol. The first-order valence-corrected chi connectivity index (χ1v) is 11.0. The maximum absolute atomic E-state index is 6.63. The summed E-state index contributed by atoms with van der Waals surface area (Å²) in [6.45, 7) is 5.29. The summed E-state index contributed by atoms with van der Waals surface area (Å²) in [6, 6.07) is 21.4. The summed E-state index contributed by atoms with van der Waals surface area (Å²) in [5, 5.41) is 2.35. The van der Waals surface area contributed by atoms with Gasteiger partial charge in [0, 0.05) is 12.0 Å². The second-order valence-electron chi connectivity index (χ2n) is 8.49. The molecule has 2 aliphatic rings. The number of allylic oxidation sites excluding steroid dienone is 1. The van der Waals surface area contributed by atoms with E-state index in [0.717, 1.165) is 32.3 Å². The lowest BCUT2D eigenvalue weighted by Gasteiger charge is -2.45. The molecule has 0 radical (unpaired) electrons. The quantitative estimate of drug-likeness (QED) is 0.374. The van der Waals surface area contributed by atoms with Gasteiger partial charge in [-0.1, -0.05) is 66.7 Å². The molecule has 3 nitrogen and oxygen atoms in total. The van der Waals surface area contributed by atoms with Gasteiger partial charge in [-0.05, 0) is 49.7 Å². The molecular formula is C26H33NO2. The molecule has 2 saturated heterocycles. The Morgan fingerprint density at radius 2 is 1.86 bits per heavy atom. The van der Waals surface area contributed by atoms with E-state index < -0.39 is 0 Å². The zero-order valence-electron chi connectivity index (χ0n) is 17.3. The Hall–Kier alpha value is -1.94. The van der Waals surface area contributed by atoms with Crippen molar-refractivity contribution in [3.8, 4) is 0 Å². The highest BCUT2D eigenvalue weighted by molar-refractivity contribution is 5.20. The fourth-order valence-electron chi connectivity index (χ4n) is 4.99. The first kappa shape index (κ1) is 20.3. The highest BCUT2D eigenvalue weighted by Gasteiger charge is 2.51. The first-order valence-electron chi connectivity index (χ1n) is 11.0. The largest absolute Gasteiger partial charge is 0.375 e. The summed E-state index contributed by atoms with van der Waals surface area (Å²) < 4.78 is 6.14. The van der Waals surface area contributed by atoms with Crippen LogP contribution in [0.1, 0.15) is 62.2 Å². The molecule has 2 aliphatic heterocycles. The lowest BCUT2D eigenvalue weighted by atomic mass is 9.78. The van der Waals surface area contributed by atoms with Gasteiger partial charge in [-0.3, -0.25) is 4.84 Å². The van der Waals surface area contributed by atoms with Crippen LogP contribution in [0.3, 0.4) is 0 Å². The molecule has 2 heterocycles. The van der Waals surface area contributed by atoms with Gasteiger partial charge in [0.2, 0.25) is 0 Å². The lowest BCUT2D eigenvalue weighted by Crippen LogP contribution is -2.53. The molecule has 0 N–H and O–H groups in total. The standard InChI is InChI=1S/C26H33NO2/c1-2-3-10-17-26-18-11-16-24(21-28-20-22-12-6-4-7-13-22)27(26)29-25(19-26)23-14-8-5-9-15-23/h2,4-9,12-15,24-25H,1,3,10-11,16-21H2/t24-,25+,26-/m0/s1. The Morgan fingerprint density at radius 3 is 2.62 bits per heavy atom. The molecule has 0 amide bonds. The Balaban J connectivity index is 1.46. The van der Waals surface area contributed by atoms with Crippen LogP contribution in [0.4, 0.5) is 0 Å². The van der Waals surface area contributed by atoms with Gasteiger partial charge in [0.15, 0.2) is 0 Å². The van der Waals surface area contributed by atoms with Gasteiger partial charge in [0.25, 0.3) is 0 Å². The molecule has 4 rings (SSSR count). The zero-order chi connectivity index (χ0) is 19.9. The van der Waals surface area contributed by atoms with Gasteiger partial charge in [-0.25, -0.2) is 0 Å². The van der Waals surface area contributed by atoms with Crippen LogP contribution >= 0.6 is 0 Å². The molecule has 2 fully saturated rings. The summed E-state index contributed by atoms with van der Waals surface area (Å²) in [4.78, 5) is 6.63. The van der Waals surface area contributed by atoms with E-state index in [0.29, 0.717) is 12.6 Å². The summed E-state index contributed by atoms with van der Waals surface area (Å²) in [6.07, 6.45) is 10.3. The number of fused-ring (bicyclic) bond motifs is 1. The predicted molar refractivity (Wildman–Crippen MR) is 117 cm³/mol. The van der Waals surface area contributed by atoms with Gasteiger partial charge in [-0.15, -0.1) is 6.58 Å². The maximum atomic E-state index is 6.63. The molecule has 0 saturated carbocycles. The van der Waals surface area contributed by atoms with E-state index in [9.17, 15) is 0 Å². The lowest BCUT2D eigenvalue weighted by molar-refractivity contribution is -0.240. The number of unbranched alkanes of at least 4 members (excludes halogenated alkanes) is 1. The van der Waals surface area contributed by atoms with Crippen LogP contribution in [-0.4, -0.2) is 23.3 Å². The number of ether oxygens (including phenoxy) is 1. The number of hydroxylamine groups is 2. The van der Waals surface area contributed by atoms with Gasteiger partial charge in [-0.2, -0.15) is 5.06 Å². The Labute approximate surface area is 175 Å². The van der Waals surface area contributed by atoms with Crippen LogP contribution in [0.5, 0.6) is 0 Å². The summed E-state index contributed by atoms with van der Waals surface area (Å²) >= 11 is 0. The second-order valence-corrected chi connectivity index (χ2v) is 8.49. The SMILES string of the molecule is C=CCCC[C@@]12CCC[C@@H](COCc3ccccc3)N1O[C@@H](c1ccccc1)C2.